The summed E-state index contributed by atoms with van der Waals surface area (Å²) in [5.74, 6) is -0.0990. The van der Waals surface area contributed by atoms with Crippen LogP contribution in [0.3, 0.4) is 0 Å². The van der Waals surface area contributed by atoms with Crippen molar-refractivity contribution in [3.8, 4) is 0 Å². The van der Waals surface area contributed by atoms with Crippen molar-refractivity contribution in [3.63, 3.8) is 0 Å². The van der Waals surface area contributed by atoms with Crippen LogP contribution in [0.4, 0.5) is 11.5 Å². The minimum absolute atomic E-state index is 0.0990. The molecule has 6 nitrogen and oxygen atoms in total. The van der Waals surface area contributed by atoms with Gasteiger partial charge in [-0.15, -0.1) is 5.10 Å². The van der Waals surface area contributed by atoms with E-state index in [0.717, 1.165) is 6.42 Å². The number of benzene rings is 1. The van der Waals surface area contributed by atoms with Gasteiger partial charge in [-0.25, -0.2) is 0 Å². The molecule has 0 amide bonds. The molecule has 1 aromatic carbocycles. The van der Waals surface area contributed by atoms with Crippen molar-refractivity contribution in [2.24, 2.45) is 0 Å². The van der Waals surface area contributed by atoms with E-state index < -0.39 is 4.92 Å². The highest BCUT2D eigenvalue weighted by atomic mass is 16.6. The van der Waals surface area contributed by atoms with Crippen molar-refractivity contribution in [1.29, 1.82) is 0 Å². The van der Waals surface area contributed by atoms with Gasteiger partial charge in [0.25, 0.3) is 0 Å². The number of nitrogens with one attached hydrogen (secondary N) is 2. The highest BCUT2D eigenvalue weighted by Gasteiger charge is 2.13. The average molecular weight is 232 g/mol. The molecule has 0 atom stereocenters. The van der Waals surface area contributed by atoms with Gasteiger partial charge in [0.1, 0.15) is 6.20 Å². The topological polar surface area (TPSA) is 83.8 Å². The number of rotatable bonds is 5. The zero-order chi connectivity index (χ0) is 12.1. The predicted octanol–water partition coefficient (Wildman–Crippen LogP) is 1.97. The average Bonchev–Trinajstić information content (AvgIpc) is 2.79. The number of hydrogen-bond donors (Lipinski definition) is 2. The third-order valence-electron chi connectivity index (χ3n) is 2.37. The summed E-state index contributed by atoms with van der Waals surface area (Å²) in [4.78, 5) is 10.1. The lowest BCUT2D eigenvalue weighted by atomic mass is 10.1. The maximum atomic E-state index is 10.6. The van der Waals surface area contributed by atoms with Crippen LogP contribution in [0.15, 0.2) is 36.5 Å². The summed E-state index contributed by atoms with van der Waals surface area (Å²) in [6, 6.07) is 9.93. The molecule has 6 heteroatoms. The maximum Gasteiger partial charge on any atom is 0.366 e. The van der Waals surface area contributed by atoms with Crippen LogP contribution in [0, 0.1) is 10.1 Å². The van der Waals surface area contributed by atoms with E-state index >= 15 is 0 Å². The molecular weight excluding hydrogens is 220 g/mol. The van der Waals surface area contributed by atoms with Gasteiger partial charge in [-0.05, 0) is 16.9 Å². The number of hydrogen-bond acceptors (Lipinski definition) is 4. The fraction of sp³-hybridized carbons (Fsp3) is 0.182. The predicted molar refractivity (Wildman–Crippen MR) is 63.9 cm³/mol. The Kier molecular flexibility index (Phi) is 3.34. The van der Waals surface area contributed by atoms with Crippen LogP contribution in [0.2, 0.25) is 0 Å². The molecular formula is C11H12N4O2. The van der Waals surface area contributed by atoms with Crippen molar-refractivity contribution in [2.45, 2.75) is 6.42 Å². The molecule has 0 bridgehead atoms. The molecule has 0 fully saturated rings. The largest absolute Gasteiger partial charge is 0.376 e. The van der Waals surface area contributed by atoms with Crippen LogP contribution in [0.1, 0.15) is 5.56 Å². The van der Waals surface area contributed by atoms with E-state index in [4.69, 9.17) is 0 Å². The van der Waals surface area contributed by atoms with Gasteiger partial charge in [-0.3, -0.25) is 0 Å². The quantitative estimate of drug-likeness (QED) is 0.609. The maximum absolute atomic E-state index is 10.6. The van der Waals surface area contributed by atoms with Crippen LogP contribution in [0.5, 0.6) is 0 Å². The number of aromatic nitrogens is 2. The molecule has 0 unspecified atom stereocenters. The fourth-order valence-electron chi connectivity index (χ4n) is 1.53. The van der Waals surface area contributed by atoms with Gasteiger partial charge < -0.3 is 15.4 Å². The van der Waals surface area contributed by atoms with Gasteiger partial charge in [0.05, 0.1) is 0 Å². The Bertz CT molecular complexity index is 495. The van der Waals surface area contributed by atoms with Crippen LogP contribution in [0.25, 0.3) is 0 Å². The molecule has 0 spiro atoms. The Balaban J connectivity index is 1.90. The first-order valence-electron chi connectivity index (χ1n) is 5.23. The number of aromatic amines is 1. The van der Waals surface area contributed by atoms with Crippen LogP contribution in [-0.4, -0.2) is 21.7 Å². The minimum atomic E-state index is -0.488. The Hall–Kier alpha value is -2.37. The molecule has 0 aliphatic rings. The van der Waals surface area contributed by atoms with Crippen LogP contribution >= 0.6 is 0 Å². The van der Waals surface area contributed by atoms with Crippen molar-refractivity contribution < 1.29 is 4.92 Å². The summed E-state index contributed by atoms with van der Waals surface area (Å²) in [5, 5.41) is 19.6. The lowest BCUT2D eigenvalue weighted by Crippen LogP contribution is -2.05. The molecule has 0 saturated carbocycles. The van der Waals surface area contributed by atoms with Crippen LogP contribution in [-0.2, 0) is 6.42 Å². The molecule has 1 aromatic heterocycles. The number of nitrogens with zero attached hydrogens (tertiary/aromatic N) is 2. The van der Waals surface area contributed by atoms with E-state index in [-0.39, 0.29) is 5.82 Å². The van der Waals surface area contributed by atoms with Gasteiger partial charge in [0.2, 0.25) is 0 Å². The summed E-state index contributed by atoms with van der Waals surface area (Å²) in [6.07, 6.45) is 2.23. The number of nitro groups is 1. The molecule has 0 aliphatic heterocycles. The van der Waals surface area contributed by atoms with E-state index in [0.29, 0.717) is 12.2 Å². The second kappa shape index (κ2) is 5.11. The third kappa shape index (κ3) is 2.81. The highest BCUT2D eigenvalue weighted by molar-refractivity contribution is 5.55. The molecule has 17 heavy (non-hydrogen) atoms. The molecule has 2 N–H and O–H groups in total. The van der Waals surface area contributed by atoms with E-state index in [1.807, 2.05) is 30.3 Å². The minimum Gasteiger partial charge on any atom is -0.376 e. The molecule has 2 aromatic rings. The molecule has 1 heterocycles. The number of H-pyrrole nitrogens is 1. The Morgan fingerprint density at radius 2 is 2.12 bits per heavy atom. The molecule has 2 rings (SSSR count). The van der Waals surface area contributed by atoms with E-state index in [1.54, 1.807) is 0 Å². The zero-order valence-corrected chi connectivity index (χ0v) is 9.09. The summed E-state index contributed by atoms with van der Waals surface area (Å²) in [7, 11) is 0. The molecule has 0 radical (unpaired) electrons. The summed E-state index contributed by atoms with van der Waals surface area (Å²) in [5.41, 5.74) is 1.61. The monoisotopic (exact) mass is 232 g/mol. The van der Waals surface area contributed by atoms with E-state index in [2.05, 4.69) is 15.5 Å². The van der Waals surface area contributed by atoms with Gasteiger partial charge in [-0.2, -0.15) is 0 Å². The first-order chi connectivity index (χ1) is 8.27. The third-order valence-corrected chi connectivity index (χ3v) is 2.37. The number of anilines is 1. The van der Waals surface area contributed by atoms with E-state index in [9.17, 15) is 10.1 Å². The van der Waals surface area contributed by atoms with Crippen LogP contribution < -0.4 is 5.32 Å². The van der Waals surface area contributed by atoms with Gasteiger partial charge >= 0.3 is 5.82 Å². The second-order valence-corrected chi connectivity index (χ2v) is 3.55. The lowest BCUT2D eigenvalue weighted by molar-refractivity contribution is -0.388. The Labute approximate surface area is 97.8 Å². The summed E-state index contributed by atoms with van der Waals surface area (Å²) >= 11 is 0. The lowest BCUT2D eigenvalue weighted by Gasteiger charge is -2.03. The van der Waals surface area contributed by atoms with Crippen molar-refractivity contribution in [1.82, 2.24) is 10.2 Å². The zero-order valence-electron chi connectivity index (χ0n) is 9.09. The Morgan fingerprint density at radius 1 is 1.35 bits per heavy atom. The van der Waals surface area contributed by atoms with Gasteiger partial charge in [0.15, 0.2) is 5.69 Å². The molecule has 0 aliphatic carbocycles. The first kappa shape index (κ1) is 11.1. The standard InChI is InChI=1S/C11H12N4O2/c16-15(17)11-10(8-13-14-11)12-7-6-9-4-2-1-3-5-9/h1-5,8,12H,6-7H2,(H,13,14). The molecule has 88 valence electrons. The van der Waals surface area contributed by atoms with E-state index in [1.165, 1.54) is 11.8 Å². The Morgan fingerprint density at radius 3 is 2.82 bits per heavy atom. The summed E-state index contributed by atoms with van der Waals surface area (Å²) < 4.78 is 0. The smallest absolute Gasteiger partial charge is 0.366 e. The van der Waals surface area contributed by atoms with Gasteiger partial charge in [0, 0.05) is 6.54 Å². The van der Waals surface area contributed by atoms with Gasteiger partial charge in [-0.1, -0.05) is 35.4 Å². The highest BCUT2D eigenvalue weighted by Crippen LogP contribution is 2.19. The first-order valence-corrected chi connectivity index (χ1v) is 5.23. The van der Waals surface area contributed by atoms with Crippen molar-refractivity contribution in [3.05, 3.63) is 52.2 Å². The fourth-order valence-corrected chi connectivity index (χ4v) is 1.53. The second-order valence-electron chi connectivity index (χ2n) is 3.55. The SMILES string of the molecule is O=[N+]([O-])c1[nH]ncc1NCCc1ccccc1. The normalized spacial score (nSPS) is 10.1. The molecule has 0 saturated heterocycles. The van der Waals surface area contributed by atoms with Crippen molar-refractivity contribution >= 4 is 11.5 Å². The summed E-state index contributed by atoms with van der Waals surface area (Å²) in [6.45, 7) is 0.629. The van der Waals surface area contributed by atoms with Crippen molar-refractivity contribution in [2.75, 3.05) is 11.9 Å².